The molecule has 2 rings (SSSR count). The number of carboxylic acid groups (broad SMARTS) is 1. The molecule has 1 saturated carbocycles. The van der Waals surface area contributed by atoms with E-state index in [-0.39, 0.29) is 17.3 Å². The van der Waals surface area contributed by atoms with Crippen LogP contribution in [0.3, 0.4) is 0 Å². The number of anilines is 1. The summed E-state index contributed by atoms with van der Waals surface area (Å²) in [7, 11) is 0. The molecule has 0 aliphatic heterocycles. The van der Waals surface area contributed by atoms with Gasteiger partial charge in [0, 0.05) is 18.2 Å². The minimum Gasteiger partial charge on any atom is -0.478 e. The van der Waals surface area contributed by atoms with Crippen LogP contribution in [0.5, 0.6) is 0 Å². The molecule has 1 aromatic carbocycles. The molecule has 3 unspecified atom stereocenters. The van der Waals surface area contributed by atoms with Gasteiger partial charge in [0.2, 0.25) is 0 Å². The SMILES string of the molecule is CCC1CCC(Nc2cc([N+](=O)[O-])ccc2C(=O)O)C1C. The van der Waals surface area contributed by atoms with E-state index in [9.17, 15) is 20.0 Å². The minimum atomic E-state index is -1.08. The van der Waals surface area contributed by atoms with Crippen molar-refractivity contribution in [1.82, 2.24) is 0 Å². The van der Waals surface area contributed by atoms with Gasteiger partial charge in [-0.3, -0.25) is 10.1 Å². The van der Waals surface area contributed by atoms with Crippen molar-refractivity contribution in [3.63, 3.8) is 0 Å². The zero-order valence-corrected chi connectivity index (χ0v) is 12.2. The first kappa shape index (κ1) is 15.3. The van der Waals surface area contributed by atoms with Crippen molar-refractivity contribution in [3.8, 4) is 0 Å². The zero-order chi connectivity index (χ0) is 15.6. The third-order valence-corrected chi connectivity index (χ3v) is 4.54. The molecule has 2 N–H and O–H groups in total. The van der Waals surface area contributed by atoms with E-state index in [1.165, 1.54) is 18.2 Å². The second-order valence-electron chi connectivity index (χ2n) is 5.65. The predicted molar refractivity (Wildman–Crippen MR) is 79.6 cm³/mol. The second kappa shape index (κ2) is 6.11. The third-order valence-electron chi connectivity index (χ3n) is 4.54. The fraction of sp³-hybridized carbons (Fsp3) is 0.533. The summed E-state index contributed by atoms with van der Waals surface area (Å²) in [6.07, 6.45) is 3.16. The summed E-state index contributed by atoms with van der Waals surface area (Å²) >= 11 is 0. The average molecular weight is 292 g/mol. The van der Waals surface area contributed by atoms with E-state index in [4.69, 9.17) is 0 Å². The maximum Gasteiger partial charge on any atom is 0.337 e. The molecule has 1 aliphatic carbocycles. The number of nitrogens with one attached hydrogen (secondary N) is 1. The smallest absolute Gasteiger partial charge is 0.337 e. The topological polar surface area (TPSA) is 92.5 Å². The summed E-state index contributed by atoms with van der Waals surface area (Å²) in [6, 6.07) is 3.99. The number of benzene rings is 1. The number of hydrogen-bond acceptors (Lipinski definition) is 4. The Kier molecular flexibility index (Phi) is 4.45. The zero-order valence-electron chi connectivity index (χ0n) is 12.2. The van der Waals surface area contributed by atoms with Crippen molar-refractivity contribution in [2.75, 3.05) is 5.32 Å². The first-order valence-corrected chi connectivity index (χ1v) is 7.22. The van der Waals surface area contributed by atoms with Gasteiger partial charge in [-0.05, 0) is 30.7 Å². The second-order valence-corrected chi connectivity index (χ2v) is 5.65. The van der Waals surface area contributed by atoms with Crippen LogP contribution in [0.2, 0.25) is 0 Å². The fourth-order valence-electron chi connectivity index (χ4n) is 3.18. The number of nitro benzene ring substituents is 1. The summed E-state index contributed by atoms with van der Waals surface area (Å²) in [6.45, 7) is 4.30. The number of rotatable bonds is 5. The normalized spacial score (nSPS) is 24.8. The van der Waals surface area contributed by atoms with Crippen molar-refractivity contribution in [1.29, 1.82) is 0 Å². The molecule has 6 heteroatoms. The first-order valence-electron chi connectivity index (χ1n) is 7.22. The van der Waals surface area contributed by atoms with E-state index < -0.39 is 10.9 Å². The van der Waals surface area contributed by atoms with Crippen molar-refractivity contribution in [2.24, 2.45) is 11.8 Å². The summed E-state index contributed by atoms with van der Waals surface area (Å²) in [4.78, 5) is 21.6. The highest BCUT2D eigenvalue weighted by molar-refractivity contribution is 5.94. The van der Waals surface area contributed by atoms with Gasteiger partial charge in [-0.15, -0.1) is 0 Å². The fourth-order valence-corrected chi connectivity index (χ4v) is 3.18. The molecule has 0 amide bonds. The summed E-state index contributed by atoms with van der Waals surface area (Å²) in [5.74, 6) is -0.0320. The lowest BCUT2D eigenvalue weighted by molar-refractivity contribution is -0.384. The van der Waals surface area contributed by atoms with Crippen LogP contribution < -0.4 is 5.32 Å². The highest BCUT2D eigenvalue weighted by Crippen LogP contribution is 2.36. The summed E-state index contributed by atoms with van der Waals surface area (Å²) in [5, 5.41) is 23.3. The maximum absolute atomic E-state index is 11.3. The molecular weight excluding hydrogens is 272 g/mol. The Hall–Kier alpha value is -2.11. The van der Waals surface area contributed by atoms with E-state index in [1.807, 2.05) is 0 Å². The lowest BCUT2D eigenvalue weighted by Crippen LogP contribution is -2.25. The lowest BCUT2D eigenvalue weighted by Gasteiger charge is -2.22. The van der Waals surface area contributed by atoms with Gasteiger partial charge in [0.1, 0.15) is 0 Å². The molecule has 0 heterocycles. The Morgan fingerprint density at radius 2 is 2.19 bits per heavy atom. The van der Waals surface area contributed by atoms with Gasteiger partial charge < -0.3 is 10.4 Å². The van der Waals surface area contributed by atoms with Crippen LogP contribution in [-0.4, -0.2) is 22.0 Å². The maximum atomic E-state index is 11.3. The molecule has 0 spiro atoms. The number of nitrogens with zero attached hydrogens (tertiary/aromatic N) is 1. The molecule has 6 nitrogen and oxygen atoms in total. The molecule has 0 saturated heterocycles. The largest absolute Gasteiger partial charge is 0.478 e. The number of non-ortho nitro benzene ring substituents is 1. The van der Waals surface area contributed by atoms with Gasteiger partial charge in [0.15, 0.2) is 0 Å². The standard InChI is InChI=1S/C15H20N2O4/c1-3-10-4-7-13(9(10)2)16-14-8-11(17(20)21)5-6-12(14)15(18)19/h5-6,8-10,13,16H,3-4,7H2,1-2H3,(H,18,19). The van der Waals surface area contributed by atoms with E-state index >= 15 is 0 Å². The molecule has 1 aliphatic rings. The van der Waals surface area contributed by atoms with Crippen molar-refractivity contribution in [2.45, 2.75) is 39.2 Å². The van der Waals surface area contributed by atoms with Gasteiger partial charge in [0.05, 0.1) is 16.2 Å². The van der Waals surface area contributed by atoms with Crippen molar-refractivity contribution < 1.29 is 14.8 Å². The molecule has 0 radical (unpaired) electrons. The summed E-state index contributed by atoms with van der Waals surface area (Å²) in [5.41, 5.74) is 0.318. The van der Waals surface area contributed by atoms with E-state index in [0.717, 1.165) is 19.3 Å². The number of carbonyl (C=O) groups is 1. The molecule has 114 valence electrons. The van der Waals surface area contributed by atoms with E-state index in [1.54, 1.807) is 0 Å². The van der Waals surface area contributed by atoms with Gasteiger partial charge in [0.25, 0.3) is 5.69 Å². The average Bonchev–Trinajstić information content (AvgIpc) is 2.79. The summed E-state index contributed by atoms with van der Waals surface area (Å²) < 4.78 is 0. The van der Waals surface area contributed by atoms with Crippen molar-refractivity contribution >= 4 is 17.3 Å². The van der Waals surface area contributed by atoms with Crippen LogP contribution in [0.4, 0.5) is 11.4 Å². The van der Waals surface area contributed by atoms with Gasteiger partial charge >= 0.3 is 5.97 Å². The molecule has 1 aromatic rings. The molecular formula is C15H20N2O4. The number of carboxylic acids is 1. The number of hydrogen-bond donors (Lipinski definition) is 2. The highest BCUT2D eigenvalue weighted by atomic mass is 16.6. The van der Waals surface area contributed by atoms with Crippen LogP contribution >= 0.6 is 0 Å². The minimum absolute atomic E-state index is 0.0766. The van der Waals surface area contributed by atoms with E-state index in [2.05, 4.69) is 19.2 Å². The highest BCUT2D eigenvalue weighted by Gasteiger charge is 2.32. The van der Waals surface area contributed by atoms with Crippen LogP contribution in [0.15, 0.2) is 18.2 Å². The first-order chi connectivity index (χ1) is 9.93. The van der Waals surface area contributed by atoms with Crippen LogP contribution in [-0.2, 0) is 0 Å². The Labute approximate surface area is 123 Å². The Bertz CT molecular complexity index is 559. The van der Waals surface area contributed by atoms with Gasteiger partial charge in [-0.2, -0.15) is 0 Å². The lowest BCUT2D eigenvalue weighted by atomic mass is 9.93. The van der Waals surface area contributed by atoms with E-state index in [0.29, 0.717) is 17.5 Å². The molecule has 21 heavy (non-hydrogen) atoms. The predicted octanol–water partition coefficient (Wildman–Crippen LogP) is 3.53. The Balaban J connectivity index is 2.27. The quantitative estimate of drug-likeness (QED) is 0.639. The van der Waals surface area contributed by atoms with Gasteiger partial charge in [-0.1, -0.05) is 20.3 Å². The van der Waals surface area contributed by atoms with Crippen LogP contribution in [0.25, 0.3) is 0 Å². The number of aromatic carboxylic acids is 1. The molecule has 0 aromatic heterocycles. The number of nitro groups is 1. The molecule has 3 atom stereocenters. The Morgan fingerprint density at radius 1 is 1.48 bits per heavy atom. The van der Waals surface area contributed by atoms with Crippen LogP contribution in [0, 0.1) is 22.0 Å². The molecule has 1 fully saturated rings. The third kappa shape index (κ3) is 3.15. The molecule has 0 bridgehead atoms. The van der Waals surface area contributed by atoms with Gasteiger partial charge in [-0.25, -0.2) is 4.79 Å². The Morgan fingerprint density at radius 3 is 2.71 bits per heavy atom. The monoisotopic (exact) mass is 292 g/mol. The van der Waals surface area contributed by atoms with Crippen LogP contribution in [0.1, 0.15) is 43.5 Å². The van der Waals surface area contributed by atoms with Crippen molar-refractivity contribution in [3.05, 3.63) is 33.9 Å².